The summed E-state index contributed by atoms with van der Waals surface area (Å²) >= 11 is 0. The van der Waals surface area contributed by atoms with Crippen molar-refractivity contribution in [1.29, 1.82) is 0 Å². The van der Waals surface area contributed by atoms with Crippen LogP contribution < -0.4 is 5.32 Å². The number of hydrogen-bond acceptors (Lipinski definition) is 3. The number of aromatic nitrogens is 3. The smallest absolute Gasteiger partial charge is 0.252 e. The van der Waals surface area contributed by atoms with Crippen LogP contribution in [0.25, 0.3) is 27.9 Å². The first-order valence-electron chi connectivity index (χ1n) is 13.4. The van der Waals surface area contributed by atoms with Gasteiger partial charge in [0.05, 0.1) is 22.4 Å². The second-order valence-electron chi connectivity index (χ2n) is 11.6. The van der Waals surface area contributed by atoms with Gasteiger partial charge in [0.1, 0.15) is 5.82 Å². The van der Waals surface area contributed by atoms with E-state index in [2.05, 4.69) is 15.4 Å². The highest BCUT2D eigenvalue weighted by atomic mass is 19.1. The van der Waals surface area contributed by atoms with E-state index in [1.807, 2.05) is 64.1 Å². The molecule has 3 aromatic heterocycles. The van der Waals surface area contributed by atoms with Crippen LogP contribution in [0.2, 0.25) is 0 Å². The maximum Gasteiger partial charge on any atom is 0.252 e. The van der Waals surface area contributed by atoms with Crippen LogP contribution in [0.15, 0.2) is 79.0 Å². The predicted molar refractivity (Wildman–Crippen MR) is 152 cm³/mol. The van der Waals surface area contributed by atoms with Gasteiger partial charge < -0.3 is 5.32 Å². The molecule has 40 heavy (non-hydrogen) atoms. The van der Waals surface area contributed by atoms with E-state index < -0.39 is 11.5 Å². The normalized spacial score (nSPS) is 14.3. The number of rotatable bonds is 5. The Morgan fingerprint density at radius 3 is 2.35 bits per heavy atom. The lowest BCUT2D eigenvalue weighted by Gasteiger charge is -2.20. The molecule has 1 aliphatic rings. The van der Waals surface area contributed by atoms with Gasteiger partial charge >= 0.3 is 0 Å². The molecular weight excluding hydrogens is 506 g/mol. The van der Waals surface area contributed by atoms with Crippen molar-refractivity contribution in [2.45, 2.75) is 51.5 Å². The number of nitrogens with zero attached hydrogens (tertiary/aromatic N) is 3. The Kier molecular flexibility index (Phi) is 6.06. The van der Waals surface area contributed by atoms with Crippen molar-refractivity contribution in [3.05, 3.63) is 113 Å². The van der Waals surface area contributed by atoms with E-state index in [1.54, 1.807) is 24.4 Å². The van der Waals surface area contributed by atoms with Gasteiger partial charge in [0.15, 0.2) is 0 Å². The van der Waals surface area contributed by atoms with Crippen molar-refractivity contribution in [2.24, 2.45) is 0 Å². The zero-order valence-electron chi connectivity index (χ0n) is 22.9. The van der Waals surface area contributed by atoms with Crippen LogP contribution in [0.4, 0.5) is 8.78 Å². The summed E-state index contributed by atoms with van der Waals surface area (Å²) in [6.07, 6.45) is 3.41. The fourth-order valence-corrected chi connectivity index (χ4v) is 5.39. The fraction of sp³-hybridized carbons (Fsp3) is 0.242. The first kappa shape index (κ1) is 25.9. The minimum Gasteiger partial charge on any atom is -0.341 e. The molecule has 1 amide bonds. The third-order valence-electron chi connectivity index (χ3n) is 7.63. The van der Waals surface area contributed by atoms with Crippen molar-refractivity contribution in [2.75, 3.05) is 0 Å². The van der Waals surface area contributed by atoms with Gasteiger partial charge in [-0.15, -0.1) is 0 Å². The summed E-state index contributed by atoms with van der Waals surface area (Å²) in [4.78, 5) is 17.8. The molecule has 2 aromatic carbocycles. The summed E-state index contributed by atoms with van der Waals surface area (Å²) < 4.78 is 30.6. The molecule has 1 saturated carbocycles. The molecule has 0 spiro atoms. The molecule has 1 N–H and O–H groups in total. The molecule has 1 fully saturated rings. The molecule has 0 aliphatic heterocycles. The van der Waals surface area contributed by atoms with Gasteiger partial charge in [0.25, 0.3) is 5.91 Å². The third-order valence-corrected chi connectivity index (χ3v) is 7.63. The highest BCUT2D eigenvalue weighted by Crippen LogP contribution is 2.45. The Bertz CT molecular complexity index is 1750. The molecule has 0 radical (unpaired) electrons. The molecule has 7 heteroatoms. The SMILES string of the molecule is Cc1ccc(C(=O)NC2(c3ccccn3)CC2)cc1-c1cc(F)n2nc(-c3ccc(F)cc3)c(C(C)(C)C)c2c1. The summed E-state index contributed by atoms with van der Waals surface area (Å²) in [7, 11) is 0. The van der Waals surface area contributed by atoms with E-state index in [4.69, 9.17) is 0 Å². The molecule has 1 aliphatic carbocycles. The minimum atomic E-state index is -0.521. The number of pyridine rings is 2. The number of halogens is 2. The average Bonchev–Trinajstić information content (AvgIpc) is 3.59. The monoisotopic (exact) mass is 536 g/mol. The summed E-state index contributed by atoms with van der Waals surface area (Å²) in [5.74, 6) is -1.05. The first-order valence-corrected chi connectivity index (χ1v) is 13.4. The van der Waals surface area contributed by atoms with Crippen LogP contribution in [-0.2, 0) is 11.0 Å². The Labute approximate surface area is 231 Å². The van der Waals surface area contributed by atoms with Crippen molar-refractivity contribution >= 4 is 11.4 Å². The third kappa shape index (κ3) is 4.55. The largest absolute Gasteiger partial charge is 0.341 e. The van der Waals surface area contributed by atoms with E-state index in [1.165, 1.54) is 22.7 Å². The summed E-state index contributed by atoms with van der Waals surface area (Å²) in [6.45, 7) is 8.09. The molecule has 5 aromatic rings. The zero-order chi connectivity index (χ0) is 28.2. The lowest BCUT2D eigenvalue weighted by molar-refractivity contribution is 0.0930. The second-order valence-corrected chi connectivity index (χ2v) is 11.6. The van der Waals surface area contributed by atoms with Crippen LogP contribution in [0.5, 0.6) is 0 Å². The summed E-state index contributed by atoms with van der Waals surface area (Å²) in [6, 6.07) is 20.7. The predicted octanol–water partition coefficient (Wildman–Crippen LogP) is 7.37. The van der Waals surface area contributed by atoms with Gasteiger partial charge in [0.2, 0.25) is 5.95 Å². The molecule has 0 atom stereocenters. The van der Waals surface area contributed by atoms with Gasteiger partial charge in [-0.25, -0.2) is 8.91 Å². The Morgan fingerprint density at radius 2 is 1.70 bits per heavy atom. The van der Waals surface area contributed by atoms with Gasteiger partial charge in [-0.2, -0.15) is 9.49 Å². The number of aryl methyl sites for hydroxylation is 1. The van der Waals surface area contributed by atoms with Gasteiger partial charge in [0, 0.05) is 29.0 Å². The van der Waals surface area contributed by atoms with Crippen molar-refractivity contribution in [3.8, 4) is 22.4 Å². The van der Waals surface area contributed by atoms with E-state index in [0.29, 0.717) is 27.9 Å². The fourth-order valence-electron chi connectivity index (χ4n) is 5.39. The van der Waals surface area contributed by atoms with E-state index >= 15 is 4.39 Å². The van der Waals surface area contributed by atoms with Crippen molar-refractivity contribution in [1.82, 2.24) is 19.9 Å². The van der Waals surface area contributed by atoms with Crippen molar-refractivity contribution < 1.29 is 13.6 Å². The number of nitrogens with one attached hydrogen (secondary N) is 1. The second kappa shape index (κ2) is 9.37. The van der Waals surface area contributed by atoms with Gasteiger partial charge in [-0.05, 0) is 96.5 Å². The lowest BCUT2D eigenvalue weighted by Crippen LogP contribution is -2.35. The lowest BCUT2D eigenvalue weighted by atomic mass is 9.84. The Hall–Kier alpha value is -4.39. The topological polar surface area (TPSA) is 59.3 Å². The molecule has 3 heterocycles. The maximum atomic E-state index is 15.7. The zero-order valence-corrected chi connectivity index (χ0v) is 22.9. The maximum absolute atomic E-state index is 15.7. The number of carbonyl (C=O) groups excluding carboxylic acids is 1. The van der Waals surface area contributed by atoms with Crippen LogP contribution in [0.3, 0.4) is 0 Å². The molecule has 0 bridgehead atoms. The number of fused-ring (bicyclic) bond motifs is 1. The summed E-state index contributed by atoms with van der Waals surface area (Å²) in [5.41, 5.74) is 5.69. The van der Waals surface area contributed by atoms with E-state index in [0.717, 1.165) is 35.2 Å². The number of amides is 1. The number of carbonyl (C=O) groups is 1. The van der Waals surface area contributed by atoms with E-state index in [-0.39, 0.29) is 17.1 Å². The molecular formula is C33H30F2N4O. The molecule has 0 saturated heterocycles. The summed E-state index contributed by atoms with van der Waals surface area (Å²) in [5, 5.41) is 7.78. The van der Waals surface area contributed by atoms with Crippen LogP contribution in [0, 0.1) is 18.7 Å². The molecule has 202 valence electrons. The molecule has 6 rings (SSSR count). The number of benzene rings is 2. The minimum absolute atomic E-state index is 0.190. The average molecular weight is 537 g/mol. The highest BCUT2D eigenvalue weighted by molar-refractivity contribution is 5.96. The van der Waals surface area contributed by atoms with Crippen LogP contribution >= 0.6 is 0 Å². The first-order chi connectivity index (χ1) is 19.1. The standard InChI is InChI=1S/C33H30F2N4O/c1-20-8-9-22(31(40)37-33(14-15-33)27-7-5-6-16-36-27)17-25(20)23-18-26-29(32(2,3)4)30(38-39(26)28(35)19-23)21-10-12-24(34)13-11-21/h5-13,16-19H,14-15H2,1-4H3,(H,37,40). The van der Waals surface area contributed by atoms with Gasteiger partial charge in [-0.3, -0.25) is 9.78 Å². The van der Waals surface area contributed by atoms with Crippen LogP contribution in [-0.4, -0.2) is 20.5 Å². The van der Waals surface area contributed by atoms with Crippen molar-refractivity contribution in [3.63, 3.8) is 0 Å². The Balaban J connectivity index is 1.43. The number of hydrogen-bond donors (Lipinski definition) is 1. The quantitative estimate of drug-likeness (QED) is 0.239. The Morgan fingerprint density at radius 1 is 0.950 bits per heavy atom. The molecule has 5 nitrogen and oxygen atoms in total. The van der Waals surface area contributed by atoms with E-state index in [9.17, 15) is 9.18 Å². The molecule has 0 unspecified atom stereocenters. The van der Waals surface area contributed by atoms with Gasteiger partial charge in [-0.1, -0.05) is 32.9 Å². The highest BCUT2D eigenvalue weighted by Gasteiger charge is 2.47. The van der Waals surface area contributed by atoms with Crippen LogP contribution in [0.1, 0.15) is 60.8 Å².